The standard InChI is InChI=1S/C19H23N3O3/c1-13-4-2-3-5-17(13)22-18(14-6-7-14)16(11-21-22)19(23)20-10-15-12-24-8-9-25-15/h2-5,11,14-15H,6-10,12H2,1H3,(H,20,23)/t15-/m1/s1. The summed E-state index contributed by atoms with van der Waals surface area (Å²) in [5, 5.41) is 7.50. The average Bonchev–Trinajstić information content (AvgIpc) is 3.39. The molecule has 1 aromatic heterocycles. The monoisotopic (exact) mass is 341 g/mol. The quantitative estimate of drug-likeness (QED) is 0.905. The highest BCUT2D eigenvalue weighted by atomic mass is 16.6. The van der Waals surface area contributed by atoms with E-state index in [2.05, 4.69) is 23.4 Å². The second-order valence-electron chi connectivity index (χ2n) is 6.69. The van der Waals surface area contributed by atoms with E-state index in [-0.39, 0.29) is 12.0 Å². The summed E-state index contributed by atoms with van der Waals surface area (Å²) in [5.41, 5.74) is 3.87. The fraction of sp³-hybridized carbons (Fsp3) is 0.474. The van der Waals surface area contributed by atoms with Gasteiger partial charge in [-0.25, -0.2) is 4.68 Å². The van der Waals surface area contributed by atoms with Gasteiger partial charge in [0, 0.05) is 12.5 Å². The second-order valence-corrected chi connectivity index (χ2v) is 6.69. The van der Waals surface area contributed by atoms with Crippen molar-refractivity contribution < 1.29 is 14.3 Å². The molecular formula is C19H23N3O3. The second kappa shape index (κ2) is 6.98. The Morgan fingerprint density at radius 2 is 2.16 bits per heavy atom. The predicted molar refractivity (Wildman–Crippen MR) is 93.2 cm³/mol. The molecule has 0 spiro atoms. The van der Waals surface area contributed by atoms with Gasteiger partial charge >= 0.3 is 0 Å². The zero-order valence-electron chi connectivity index (χ0n) is 14.4. The molecule has 1 aliphatic carbocycles. The number of carbonyl (C=O) groups excluding carboxylic acids is 1. The zero-order valence-corrected chi connectivity index (χ0v) is 14.4. The number of para-hydroxylation sites is 1. The van der Waals surface area contributed by atoms with Gasteiger partial charge in [-0.2, -0.15) is 5.10 Å². The number of hydrogen-bond acceptors (Lipinski definition) is 4. The molecule has 1 aliphatic heterocycles. The average molecular weight is 341 g/mol. The number of hydrogen-bond donors (Lipinski definition) is 1. The van der Waals surface area contributed by atoms with Crippen LogP contribution in [0.4, 0.5) is 0 Å². The van der Waals surface area contributed by atoms with Crippen LogP contribution >= 0.6 is 0 Å². The largest absolute Gasteiger partial charge is 0.376 e. The van der Waals surface area contributed by atoms with Crippen LogP contribution in [0.2, 0.25) is 0 Å². The molecule has 25 heavy (non-hydrogen) atoms. The zero-order chi connectivity index (χ0) is 17.2. The molecule has 0 unspecified atom stereocenters. The maximum Gasteiger partial charge on any atom is 0.254 e. The number of aromatic nitrogens is 2. The summed E-state index contributed by atoms with van der Waals surface area (Å²) in [5.74, 6) is 0.327. The molecule has 0 radical (unpaired) electrons. The number of benzene rings is 1. The van der Waals surface area contributed by atoms with Gasteiger partial charge in [-0.3, -0.25) is 4.79 Å². The molecule has 132 valence electrons. The normalized spacial score (nSPS) is 20.4. The predicted octanol–water partition coefficient (Wildman–Crippen LogP) is 2.20. The Kier molecular flexibility index (Phi) is 4.55. The van der Waals surface area contributed by atoms with Crippen LogP contribution in [0.25, 0.3) is 5.69 Å². The lowest BCUT2D eigenvalue weighted by molar-refractivity contribution is -0.0855. The third-order valence-electron chi connectivity index (χ3n) is 4.73. The lowest BCUT2D eigenvalue weighted by atomic mass is 10.1. The van der Waals surface area contributed by atoms with Crippen molar-refractivity contribution in [2.45, 2.75) is 31.8 Å². The van der Waals surface area contributed by atoms with Gasteiger partial charge < -0.3 is 14.8 Å². The van der Waals surface area contributed by atoms with E-state index < -0.39 is 0 Å². The van der Waals surface area contributed by atoms with Crippen molar-refractivity contribution >= 4 is 5.91 Å². The van der Waals surface area contributed by atoms with E-state index in [9.17, 15) is 4.79 Å². The van der Waals surface area contributed by atoms with Gasteiger partial charge in [0.2, 0.25) is 0 Å². The molecule has 4 rings (SSSR count). The Labute approximate surface area is 147 Å². The van der Waals surface area contributed by atoms with Gasteiger partial charge in [-0.1, -0.05) is 18.2 Å². The van der Waals surface area contributed by atoms with E-state index in [4.69, 9.17) is 9.47 Å². The number of nitrogens with zero attached hydrogens (tertiary/aromatic N) is 2. The van der Waals surface area contributed by atoms with Crippen LogP contribution in [0, 0.1) is 6.92 Å². The van der Waals surface area contributed by atoms with Crippen LogP contribution < -0.4 is 5.32 Å². The number of nitrogens with one attached hydrogen (secondary N) is 1. The molecule has 1 atom stereocenters. The Balaban J connectivity index is 1.55. The highest BCUT2D eigenvalue weighted by molar-refractivity contribution is 5.95. The first-order chi connectivity index (χ1) is 12.2. The number of aryl methyl sites for hydroxylation is 1. The molecule has 1 amide bonds. The highest BCUT2D eigenvalue weighted by Crippen LogP contribution is 2.42. The highest BCUT2D eigenvalue weighted by Gasteiger charge is 2.33. The van der Waals surface area contributed by atoms with Crippen LogP contribution in [0.3, 0.4) is 0 Å². The van der Waals surface area contributed by atoms with Crippen LogP contribution in [0.1, 0.15) is 40.4 Å². The minimum absolute atomic E-state index is 0.0755. The lowest BCUT2D eigenvalue weighted by Crippen LogP contribution is -2.39. The van der Waals surface area contributed by atoms with Crippen LogP contribution in [0.5, 0.6) is 0 Å². The van der Waals surface area contributed by atoms with Gasteiger partial charge in [0.15, 0.2) is 0 Å². The van der Waals surface area contributed by atoms with E-state index in [0.29, 0.717) is 37.8 Å². The number of carbonyl (C=O) groups is 1. The fourth-order valence-electron chi connectivity index (χ4n) is 3.23. The first kappa shape index (κ1) is 16.3. The topological polar surface area (TPSA) is 65.4 Å². The van der Waals surface area contributed by atoms with Crippen molar-refractivity contribution in [1.29, 1.82) is 0 Å². The van der Waals surface area contributed by atoms with E-state index in [1.54, 1.807) is 6.20 Å². The van der Waals surface area contributed by atoms with Crippen molar-refractivity contribution in [1.82, 2.24) is 15.1 Å². The van der Waals surface area contributed by atoms with Gasteiger partial charge in [0.1, 0.15) is 0 Å². The van der Waals surface area contributed by atoms with Gasteiger partial charge in [0.25, 0.3) is 5.91 Å². The number of amides is 1. The smallest absolute Gasteiger partial charge is 0.254 e. The lowest BCUT2D eigenvalue weighted by Gasteiger charge is -2.23. The Bertz CT molecular complexity index is 761. The SMILES string of the molecule is Cc1ccccc1-n1ncc(C(=O)NC[C@@H]2COCCO2)c1C1CC1. The summed E-state index contributed by atoms with van der Waals surface area (Å²) in [6.07, 6.45) is 3.83. The maximum atomic E-state index is 12.7. The summed E-state index contributed by atoms with van der Waals surface area (Å²) in [4.78, 5) is 12.7. The minimum Gasteiger partial charge on any atom is -0.376 e. The van der Waals surface area contributed by atoms with E-state index in [1.165, 1.54) is 0 Å². The summed E-state index contributed by atoms with van der Waals surface area (Å²) < 4.78 is 12.9. The van der Waals surface area contributed by atoms with Crippen molar-refractivity contribution in [2.24, 2.45) is 0 Å². The van der Waals surface area contributed by atoms with Crippen molar-refractivity contribution in [3.8, 4) is 5.69 Å². The first-order valence-electron chi connectivity index (χ1n) is 8.85. The third-order valence-corrected chi connectivity index (χ3v) is 4.73. The molecule has 0 bridgehead atoms. The Morgan fingerprint density at radius 1 is 1.32 bits per heavy atom. The number of ether oxygens (including phenoxy) is 2. The summed E-state index contributed by atoms with van der Waals surface area (Å²) in [6, 6.07) is 8.12. The molecule has 6 heteroatoms. The van der Waals surface area contributed by atoms with Crippen molar-refractivity contribution in [3.05, 3.63) is 47.3 Å². The summed E-state index contributed by atoms with van der Waals surface area (Å²) in [7, 11) is 0. The van der Waals surface area contributed by atoms with E-state index >= 15 is 0 Å². The molecule has 2 aliphatic rings. The van der Waals surface area contributed by atoms with Crippen molar-refractivity contribution in [3.63, 3.8) is 0 Å². The Morgan fingerprint density at radius 3 is 2.88 bits per heavy atom. The van der Waals surface area contributed by atoms with Gasteiger partial charge in [-0.05, 0) is 31.4 Å². The summed E-state index contributed by atoms with van der Waals surface area (Å²) in [6.45, 7) is 4.25. The summed E-state index contributed by atoms with van der Waals surface area (Å²) >= 11 is 0. The van der Waals surface area contributed by atoms with Gasteiger partial charge in [-0.15, -0.1) is 0 Å². The maximum absolute atomic E-state index is 12.7. The van der Waals surface area contributed by atoms with Crippen LogP contribution in [-0.2, 0) is 9.47 Å². The van der Waals surface area contributed by atoms with Crippen LogP contribution in [0.15, 0.2) is 30.5 Å². The molecule has 2 fully saturated rings. The third kappa shape index (κ3) is 3.45. The molecule has 1 saturated carbocycles. The van der Waals surface area contributed by atoms with Crippen molar-refractivity contribution in [2.75, 3.05) is 26.4 Å². The molecule has 2 heterocycles. The molecule has 1 aromatic carbocycles. The molecule has 6 nitrogen and oxygen atoms in total. The number of rotatable bonds is 5. The molecule has 1 N–H and O–H groups in total. The molecule has 1 saturated heterocycles. The van der Waals surface area contributed by atoms with E-state index in [0.717, 1.165) is 29.8 Å². The van der Waals surface area contributed by atoms with E-state index in [1.807, 2.05) is 22.9 Å². The molecular weight excluding hydrogens is 318 g/mol. The minimum atomic E-state index is -0.0871. The Hall–Kier alpha value is -2.18. The molecule has 2 aromatic rings. The van der Waals surface area contributed by atoms with Gasteiger partial charge in [0.05, 0.1) is 49.1 Å². The first-order valence-corrected chi connectivity index (χ1v) is 8.85. The fourth-order valence-corrected chi connectivity index (χ4v) is 3.23. The van der Waals surface area contributed by atoms with Crippen LogP contribution in [-0.4, -0.2) is 48.2 Å².